The first-order valence-electron chi connectivity index (χ1n) is 8.46. The lowest BCUT2D eigenvalue weighted by molar-refractivity contribution is 0.145. The molecule has 0 radical (unpaired) electrons. The average Bonchev–Trinajstić information content (AvgIpc) is 3.20. The summed E-state index contributed by atoms with van der Waals surface area (Å²) in [6, 6.07) is 0.556. The van der Waals surface area contributed by atoms with E-state index < -0.39 is 0 Å². The molecule has 4 rings (SSSR count). The highest BCUT2D eigenvalue weighted by molar-refractivity contribution is 5.52. The number of nitrogens with two attached hydrogens (primary N) is 1. The van der Waals surface area contributed by atoms with Crippen LogP contribution in [0.2, 0.25) is 0 Å². The number of nitrogens with zero attached hydrogens (tertiary/aromatic N) is 3. The SMILES string of the molecule is NCC1CC(n2cc(N3CCC(O)CC3)c(C3CC3)n2)C1. The molecule has 3 aliphatic rings. The van der Waals surface area contributed by atoms with Crippen LogP contribution in [0.4, 0.5) is 5.69 Å². The number of aliphatic hydroxyl groups is 1. The third kappa shape index (κ3) is 2.57. The monoisotopic (exact) mass is 290 g/mol. The van der Waals surface area contributed by atoms with Crippen LogP contribution in [0.15, 0.2) is 6.20 Å². The van der Waals surface area contributed by atoms with Crippen molar-refractivity contribution in [1.82, 2.24) is 9.78 Å². The van der Waals surface area contributed by atoms with E-state index in [1.807, 2.05) is 0 Å². The second kappa shape index (κ2) is 5.29. The van der Waals surface area contributed by atoms with Gasteiger partial charge in [0.05, 0.1) is 23.5 Å². The second-order valence-corrected chi connectivity index (χ2v) is 7.10. The van der Waals surface area contributed by atoms with Crippen LogP contribution < -0.4 is 10.6 Å². The van der Waals surface area contributed by atoms with Gasteiger partial charge >= 0.3 is 0 Å². The first-order valence-corrected chi connectivity index (χ1v) is 8.46. The fourth-order valence-electron chi connectivity index (χ4n) is 3.69. The van der Waals surface area contributed by atoms with Crippen LogP contribution in [-0.2, 0) is 0 Å². The van der Waals surface area contributed by atoms with Gasteiger partial charge in [-0.25, -0.2) is 0 Å². The molecule has 1 saturated heterocycles. The lowest BCUT2D eigenvalue weighted by Crippen LogP contribution is -2.36. The number of anilines is 1. The van der Waals surface area contributed by atoms with E-state index in [-0.39, 0.29) is 6.10 Å². The molecule has 0 atom stereocenters. The van der Waals surface area contributed by atoms with Crippen molar-refractivity contribution in [3.05, 3.63) is 11.9 Å². The Bertz CT molecular complexity index is 496. The van der Waals surface area contributed by atoms with E-state index in [1.165, 1.54) is 37.1 Å². The summed E-state index contributed by atoms with van der Waals surface area (Å²) in [6.45, 7) is 2.73. The Morgan fingerprint density at radius 2 is 1.90 bits per heavy atom. The molecule has 0 bridgehead atoms. The normalized spacial score (nSPS) is 30.5. The van der Waals surface area contributed by atoms with E-state index in [1.54, 1.807) is 0 Å². The average molecular weight is 290 g/mol. The zero-order chi connectivity index (χ0) is 14.4. The van der Waals surface area contributed by atoms with Gasteiger partial charge in [-0.05, 0) is 51.0 Å². The summed E-state index contributed by atoms with van der Waals surface area (Å²) in [4.78, 5) is 2.43. The Kier molecular flexibility index (Phi) is 3.42. The Hall–Kier alpha value is -1.07. The standard InChI is InChI=1S/C16H26N4O/c17-9-11-7-13(8-11)20-10-15(16(18-20)12-1-2-12)19-5-3-14(21)4-6-19/h10-14,21H,1-9,17H2. The van der Waals surface area contributed by atoms with E-state index in [0.717, 1.165) is 32.5 Å². The summed E-state index contributed by atoms with van der Waals surface area (Å²) in [6.07, 6.45) is 8.86. The topological polar surface area (TPSA) is 67.3 Å². The van der Waals surface area contributed by atoms with Crippen LogP contribution in [-0.4, -0.2) is 40.6 Å². The summed E-state index contributed by atoms with van der Waals surface area (Å²) in [5, 5.41) is 14.6. The zero-order valence-corrected chi connectivity index (χ0v) is 12.6. The highest BCUT2D eigenvalue weighted by Crippen LogP contribution is 2.46. The molecule has 1 aromatic heterocycles. The summed E-state index contributed by atoms with van der Waals surface area (Å²) in [5.74, 6) is 1.37. The van der Waals surface area contributed by atoms with E-state index in [0.29, 0.717) is 17.9 Å². The number of rotatable bonds is 4. The van der Waals surface area contributed by atoms with Crippen molar-refractivity contribution in [2.75, 3.05) is 24.5 Å². The number of aromatic nitrogens is 2. The molecule has 5 heteroatoms. The highest BCUT2D eigenvalue weighted by Gasteiger charge is 2.35. The Morgan fingerprint density at radius 1 is 1.19 bits per heavy atom. The zero-order valence-electron chi connectivity index (χ0n) is 12.6. The number of hydrogen-bond donors (Lipinski definition) is 2. The van der Waals surface area contributed by atoms with Gasteiger partial charge in [0.15, 0.2) is 0 Å². The van der Waals surface area contributed by atoms with Gasteiger partial charge in [-0.1, -0.05) is 0 Å². The van der Waals surface area contributed by atoms with Crippen LogP contribution in [0.3, 0.4) is 0 Å². The number of aliphatic hydroxyl groups excluding tert-OH is 1. The fourth-order valence-corrected chi connectivity index (χ4v) is 3.69. The maximum Gasteiger partial charge on any atom is 0.0888 e. The molecule has 2 aliphatic carbocycles. The van der Waals surface area contributed by atoms with Crippen molar-refractivity contribution in [1.29, 1.82) is 0 Å². The first-order chi connectivity index (χ1) is 10.2. The van der Waals surface area contributed by atoms with E-state index >= 15 is 0 Å². The lowest BCUT2D eigenvalue weighted by atomic mass is 9.80. The number of piperidine rings is 1. The summed E-state index contributed by atoms with van der Waals surface area (Å²) < 4.78 is 2.21. The van der Waals surface area contributed by atoms with Gasteiger partial charge < -0.3 is 15.7 Å². The van der Waals surface area contributed by atoms with Crippen molar-refractivity contribution in [3.63, 3.8) is 0 Å². The van der Waals surface area contributed by atoms with Gasteiger partial charge in [0, 0.05) is 25.2 Å². The molecule has 0 amide bonds. The lowest BCUT2D eigenvalue weighted by Gasteiger charge is -2.34. The predicted octanol–water partition coefficient (Wildman–Crippen LogP) is 1.63. The molecule has 5 nitrogen and oxygen atoms in total. The van der Waals surface area contributed by atoms with E-state index in [9.17, 15) is 5.11 Å². The van der Waals surface area contributed by atoms with Gasteiger partial charge in [-0.3, -0.25) is 4.68 Å². The Balaban J connectivity index is 1.53. The molecular formula is C16H26N4O. The molecule has 3 fully saturated rings. The molecular weight excluding hydrogens is 264 g/mol. The van der Waals surface area contributed by atoms with E-state index in [4.69, 9.17) is 10.8 Å². The summed E-state index contributed by atoms with van der Waals surface area (Å²) in [7, 11) is 0. The van der Waals surface area contributed by atoms with Crippen LogP contribution in [0.1, 0.15) is 56.2 Å². The molecule has 0 spiro atoms. The van der Waals surface area contributed by atoms with Crippen molar-refractivity contribution in [2.24, 2.45) is 11.7 Å². The minimum atomic E-state index is -0.113. The second-order valence-electron chi connectivity index (χ2n) is 7.10. The van der Waals surface area contributed by atoms with Crippen molar-refractivity contribution in [2.45, 2.75) is 56.6 Å². The summed E-state index contributed by atoms with van der Waals surface area (Å²) >= 11 is 0. The van der Waals surface area contributed by atoms with Crippen LogP contribution in [0.5, 0.6) is 0 Å². The van der Waals surface area contributed by atoms with E-state index in [2.05, 4.69) is 15.8 Å². The molecule has 1 aliphatic heterocycles. The van der Waals surface area contributed by atoms with Gasteiger partial charge in [0.2, 0.25) is 0 Å². The molecule has 0 unspecified atom stereocenters. The van der Waals surface area contributed by atoms with Gasteiger partial charge in [0.1, 0.15) is 0 Å². The predicted molar refractivity (Wildman–Crippen MR) is 82.5 cm³/mol. The molecule has 1 aromatic rings. The van der Waals surface area contributed by atoms with Crippen LogP contribution in [0.25, 0.3) is 0 Å². The maximum absolute atomic E-state index is 9.70. The molecule has 21 heavy (non-hydrogen) atoms. The van der Waals surface area contributed by atoms with Gasteiger partial charge in [-0.2, -0.15) is 5.10 Å². The third-order valence-corrected chi connectivity index (χ3v) is 5.43. The highest BCUT2D eigenvalue weighted by atomic mass is 16.3. The smallest absolute Gasteiger partial charge is 0.0888 e. The van der Waals surface area contributed by atoms with Crippen molar-refractivity contribution < 1.29 is 5.11 Å². The molecule has 2 heterocycles. The van der Waals surface area contributed by atoms with Gasteiger partial charge in [0.25, 0.3) is 0 Å². The fraction of sp³-hybridized carbons (Fsp3) is 0.812. The summed E-state index contributed by atoms with van der Waals surface area (Å²) in [5.41, 5.74) is 8.38. The quantitative estimate of drug-likeness (QED) is 0.884. The maximum atomic E-state index is 9.70. The molecule has 3 N–H and O–H groups in total. The van der Waals surface area contributed by atoms with Gasteiger partial charge in [-0.15, -0.1) is 0 Å². The Labute approximate surface area is 126 Å². The third-order valence-electron chi connectivity index (χ3n) is 5.43. The number of hydrogen-bond acceptors (Lipinski definition) is 4. The molecule has 2 saturated carbocycles. The minimum absolute atomic E-state index is 0.113. The molecule has 116 valence electrons. The first kappa shape index (κ1) is 13.6. The largest absolute Gasteiger partial charge is 0.393 e. The molecule has 0 aromatic carbocycles. The minimum Gasteiger partial charge on any atom is -0.393 e. The van der Waals surface area contributed by atoms with Crippen LogP contribution in [0, 0.1) is 5.92 Å². The van der Waals surface area contributed by atoms with Crippen molar-refractivity contribution >= 4 is 5.69 Å². The van der Waals surface area contributed by atoms with Crippen LogP contribution >= 0.6 is 0 Å². The Morgan fingerprint density at radius 3 is 2.52 bits per heavy atom. The van der Waals surface area contributed by atoms with Crippen molar-refractivity contribution in [3.8, 4) is 0 Å².